The lowest BCUT2D eigenvalue weighted by Crippen LogP contribution is -2.03. The van der Waals surface area contributed by atoms with Crippen LogP contribution in [-0.2, 0) is 13.0 Å². The molecule has 0 bridgehead atoms. The second kappa shape index (κ2) is 6.80. The molecule has 0 saturated carbocycles. The molecule has 0 heterocycles. The first-order valence-electron chi connectivity index (χ1n) is 6.05. The van der Waals surface area contributed by atoms with Crippen LogP contribution in [0, 0.1) is 0 Å². The van der Waals surface area contributed by atoms with Crippen molar-refractivity contribution in [3.05, 3.63) is 63.6 Å². The minimum Gasteiger partial charge on any atom is -0.487 e. The molecule has 0 aliphatic carbocycles. The Kier molecular flexibility index (Phi) is 5.08. The molecule has 0 aliphatic heterocycles. The fourth-order valence-electron chi connectivity index (χ4n) is 1.77. The molecule has 0 spiro atoms. The molecule has 2 aromatic rings. The van der Waals surface area contributed by atoms with Gasteiger partial charge in [-0.05, 0) is 48.4 Å². The standard InChI is InChI=1S/C15H15Cl2NO/c16-13-3-1-2-12(8-13)10-19-15-5-4-11(6-7-18)9-14(15)17/h1-5,8-9H,6-7,10,18H2. The van der Waals surface area contributed by atoms with Gasteiger partial charge in [0.1, 0.15) is 12.4 Å². The quantitative estimate of drug-likeness (QED) is 0.902. The van der Waals surface area contributed by atoms with Gasteiger partial charge >= 0.3 is 0 Å². The third-order valence-corrected chi connectivity index (χ3v) is 3.24. The predicted octanol–water partition coefficient (Wildman–Crippen LogP) is 4.07. The van der Waals surface area contributed by atoms with E-state index in [2.05, 4.69) is 0 Å². The van der Waals surface area contributed by atoms with Gasteiger partial charge in [-0.15, -0.1) is 0 Å². The number of rotatable bonds is 5. The van der Waals surface area contributed by atoms with Gasteiger partial charge in [0.25, 0.3) is 0 Å². The highest BCUT2D eigenvalue weighted by Crippen LogP contribution is 2.26. The van der Waals surface area contributed by atoms with Crippen LogP contribution in [0.1, 0.15) is 11.1 Å². The number of hydrogen-bond acceptors (Lipinski definition) is 2. The van der Waals surface area contributed by atoms with E-state index in [9.17, 15) is 0 Å². The van der Waals surface area contributed by atoms with Crippen LogP contribution in [0.2, 0.25) is 10.0 Å². The first-order chi connectivity index (χ1) is 9.19. The number of hydrogen-bond donors (Lipinski definition) is 1. The number of nitrogens with two attached hydrogens (primary N) is 1. The summed E-state index contributed by atoms with van der Waals surface area (Å²) in [5.41, 5.74) is 7.63. The second-order valence-corrected chi connectivity index (χ2v) is 5.07. The average molecular weight is 296 g/mol. The van der Waals surface area contributed by atoms with Gasteiger partial charge in [0.05, 0.1) is 5.02 Å². The van der Waals surface area contributed by atoms with Gasteiger partial charge in [0.2, 0.25) is 0 Å². The number of halogens is 2. The largest absolute Gasteiger partial charge is 0.487 e. The molecule has 100 valence electrons. The van der Waals surface area contributed by atoms with E-state index in [0.717, 1.165) is 17.5 Å². The highest BCUT2D eigenvalue weighted by atomic mass is 35.5. The van der Waals surface area contributed by atoms with Crippen molar-refractivity contribution in [2.24, 2.45) is 5.73 Å². The lowest BCUT2D eigenvalue weighted by Gasteiger charge is -2.09. The van der Waals surface area contributed by atoms with Gasteiger partial charge in [0, 0.05) is 5.02 Å². The van der Waals surface area contributed by atoms with Gasteiger partial charge in [-0.25, -0.2) is 0 Å². The van der Waals surface area contributed by atoms with E-state index in [-0.39, 0.29) is 0 Å². The fourth-order valence-corrected chi connectivity index (χ4v) is 2.24. The topological polar surface area (TPSA) is 35.2 Å². The maximum Gasteiger partial charge on any atom is 0.138 e. The van der Waals surface area contributed by atoms with Crippen LogP contribution < -0.4 is 10.5 Å². The molecule has 0 saturated heterocycles. The minimum atomic E-state index is 0.441. The van der Waals surface area contributed by atoms with E-state index < -0.39 is 0 Å². The third-order valence-electron chi connectivity index (χ3n) is 2.71. The molecule has 2 N–H and O–H groups in total. The summed E-state index contributed by atoms with van der Waals surface area (Å²) >= 11 is 12.1. The van der Waals surface area contributed by atoms with Crippen molar-refractivity contribution in [2.45, 2.75) is 13.0 Å². The summed E-state index contributed by atoms with van der Waals surface area (Å²) < 4.78 is 5.69. The van der Waals surface area contributed by atoms with Crippen molar-refractivity contribution in [1.29, 1.82) is 0 Å². The van der Waals surface area contributed by atoms with Crippen LogP contribution in [0.4, 0.5) is 0 Å². The molecular weight excluding hydrogens is 281 g/mol. The Labute approximate surface area is 123 Å². The highest BCUT2D eigenvalue weighted by Gasteiger charge is 2.04. The molecule has 0 atom stereocenters. The molecule has 0 fully saturated rings. The van der Waals surface area contributed by atoms with Crippen LogP contribution in [0.3, 0.4) is 0 Å². The summed E-state index contributed by atoms with van der Waals surface area (Å²) in [6.45, 7) is 1.05. The molecule has 4 heteroatoms. The summed E-state index contributed by atoms with van der Waals surface area (Å²) in [6, 6.07) is 13.3. The van der Waals surface area contributed by atoms with Crippen LogP contribution in [0.25, 0.3) is 0 Å². The third kappa shape index (κ3) is 4.13. The van der Waals surface area contributed by atoms with Crippen LogP contribution in [0.15, 0.2) is 42.5 Å². The maximum absolute atomic E-state index is 6.17. The van der Waals surface area contributed by atoms with Crippen LogP contribution in [0.5, 0.6) is 5.75 Å². The molecule has 19 heavy (non-hydrogen) atoms. The number of ether oxygens (including phenoxy) is 1. The lowest BCUT2D eigenvalue weighted by molar-refractivity contribution is 0.306. The van der Waals surface area contributed by atoms with Crippen molar-refractivity contribution in [1.82, 2.24) is 0 Å². The lowest BCUT2D eigenvalue weighted by atomic mass is 10.1. The molecule has 0 unspecified atom stereocenters. The monoisotopic (exact) mass is 295 g/mol. The molecule has 2 aromatic carbocycles. The fraction of sp³-hybridized carbons (Fsp3) is 0.200. The maximum atomic E-state index is 6.17. The average Bonchev–Trinajstić information content (AvgIpc) is 2.38. The first-order valence-corrected chi connectivity index (χ1v) is 6.80. The molecular formula is C15H15Cl2NO. The molecule has 2 rings (SSSR count). The molecule has 0 aliphatic rings. The van der Waals surface area contributed by atoms with Crippen molar-refractivity contribution in [3.8, 4) is 5.75 Å². The molecule has 2 nitrogen and oxygen atoms in total. The second-order valence-electron chi connectivity index (χ2n) is 4.22. The highest BCUT2D eigenvalue weighted by molar-refractivity contribution is 6.32. The Hall–Kier alpha value is -1.22. The van der Waals surface area contributed by atoms with E-state index in [1.807, 2.05) is 42.5 Å². The number of benzene rings is 2. The van der Waals surface area contributed by atoms with E-state index in [0.29, 0.717) is 28.9 Å². The Morgan fingerprint density at radius 1 is 1.00 bits per heavy atom. The minimum absolute atomic E-state index is 0.441. The Balaban J connectivity index is 2.03. The van der Waals surface area contributed by atoms with Gasteiger partial charge in [-0.2, -0.15) is 0 Å². The summed E-state index contributed by atoms with van der Waals surface area (Å²) in [7, 11) is 0. The van der Waals surface area contributed by atoms with E-state index in [4.69, 9.17) is 33.7 Å². The SMILES string of the molecule is NCCc1ccc(OCc2cccc(Cl)c2)c(Cl)c1. The molecule has 0 amide bonds. The molecule has 0 aromatic heterocycles. The van der Waals surface area contributed by atoms with E-state index in [1.54, 1.807) is 0 Å². The van der Waals surface area contributed by atoms with Gasteiger partial charge < -0.3 is 10.5 Å². The van der Waals surface area contributed by atoms with Gasteiger partial charge in [0.15, 0.2) is 0 Å². The normalized spacial score (nSPS) is 10.5. The Morgan fingerprint density at radius 3 is 2.53 bits per heavy atom. The summed E-state index contributed by atoms with van der Waals surface area (Å²) in [6.07, 6.45) is 0.814. The van der Waals surface area contributed by atoms with Crippen molar-refractivity contribution in [3.63, 3.8) is 0 Å². The first kappa shape index (κ1) is 14.2. The van der Waals surface area contributed by atoms with Crippen molar-refractivity contribution in [2.75, 3.05) is 6.54 Å². The van der Waals surface area contributed by atoms with Gasteiger partial charge in [-0.1, -0.05) is 41.4 Å². The van der Waals surface area contributed by atoms with Crippen LogP contribution in [-0.4, -0.2) is 6.54 Å². The zero-order chi connectivity index (χ0) is 13.7. The summed E-state index contributed by atoms with van der Waals surface area (Å²) in [5, 5.41) is 1.30. The van der Waals surface area contributed by atoms with Crippen LogP contribution >= 0.6 is 23.2 Å². The summed E-state index contributed by atoms with van der Waals surface area (Å²) in [5.74, 6) is 0.669. The smallest absolute Gasteiger partial charge is 0.138 e. The van der Waals surface area contributed by atoms with E-state index >= 15 is 0 Å². The Bertz CT molecular complexity index is 558. The summed E-state index contributed by atoms with van der Waals surface area (Å²) in [4.78, 5) is 0. The van der Waals surface area contributed by atoms with E-state index in [1.165, 1.54) is 0 Å². The molecule has 0 radical (unpaired) electrons. The predicted molar refractivity (Wildman–Crippen MR) is 80.0 cm³/mol. The van der Waals surface area contributed by atoms with Crippen molar-refractivity contribution >= 4 is 23.2 Å². The Morgan fingerprint density at radius 2 is 1.84 bits per heavy atom. The van der Waals surface area contributed by atoms with Gasteiger partial charge in [-0.3, -0.25) is 0 Å². The zero-order valence-corrected chi connectivity index (χ0v) is 11.9. The van der Waals surface area contributed by atoms with Crippen molar-refractivity contribution < 1.29 is 4.74 Å². The zero-order valence-electron chi connectivity index (χ0n) is 10.4.